The number of carbonyl (C=O) groups is 3. The van der Waals surface area contributed by atoms with Crippen molar-refractivity contribution in [1.82, 2.24) is 0 Å². The van der Waals surface area contributed by atoms with E-state index in [-0.39, 0.29) is 5.57 Å². The molecule has 0 saturated carbocycles. The molecule has 0 aromatic rings. The molecule has 0 rings (SSSR count). The molecule has 0 aliphatic carbocycles. The van der Waals surface area contributed by atoms with Gasteiger partial charge in [-0.25, -0.2) is 9.59 Å². The molecule has 0 heterocycles. The molecule has 0 amide bonds. The van der Waals surface area contributed by atoms with Crippen molar-refractivity contribution in [3.8, 4) is 0 Å². The van der Waals surface area contributed by atoms with Crippen LogP contribution in [0, 0.1) is 0 Å². The van der Waals surface area contributed by atoms with Crippen LogP contribution < -0.4 is 0 Å². The summed E-state index contributed by atoms with van der Waals surface area (Å²) in [6.45, 7) is 6.05. The average Bonchev–Trinajstić information content (AvgIpc) is 2.16. The molecule has 1 atom stereocenters. The summed E-state index contributed by atoms with van der Waals surface area (Å²) in [7, 11) is 0. The Morgan fingerprint density at radius 2 is 1.93 bits per heavy atom. The van der Waals surface area contributed by atoms with Crippen LogP contribution in [0.25, 0.3) is 0 Å². The number of ether oxygens (including phenoxy) is 2. The molecular weight excluding hydrogens is 224 g/mol. The second-order valence-corrected chi connectivity index (χ2v) is 3.02. The van der Waals surface area contributed by atoms with Gasteiger partial charge in [-0.05, 0) is 13.8 Å². The number of halogens is 1. The summed E-state index contributed by atoms with van der Waals surface area (Å²) in [6, 6.07) is 0. The first-order valence-electron chi connectivity index (χ1n) is 4.05. The maximum atomic E-state index is 11.1. The Kier molecular flexibility index (Phi) is 5.62. The highest BCUT2D eigenvalue weighted by Crippen LogP contribution is 2.01. The van der Waals surface area contributed by atoms with E-state index < -0.39 is 29.9 Å². The third-order valence-corrected chi connectivity index (χ3v) is 1.51. The first-order chi connectivity index (χ1) is 6.88. The van der Waals surface area contributed by atoms with E-state index in [0.29, 0.717) is 0 Å². The quantitative estimate of drug-likeness (QED) is 0.312. The van der Waals surface area contributed by atoms with Crippen LogP contribution in [0.15, 0.2) is 12.2 Å². The van der Waals surface area contributed by atoms with E-state index in [1.165, 1.54) is 13.8 Å². The second kappa shape index (κ2) is 6.19. The van der Waals surface area contributed by atoms with Crippen LogP contribution in [0.2, 0.25) is 0 Å². The zero-order valence-corrected chi connectivity index (χ0v) is 9.17. The molecule has 0 aromatic carbocycles. The largest absolute Gasteiger partial charge is 0.447 e. The maximum Gasteiger partial charge on any atom is 0.354 e. The van der Waals surface area contributed by atoms with Crippen molar-refractivity contribution in [2.45, 2.75) is 20.0 Å². The Bertz CT molecular complexity index is 297. The Hall–Kier alpha value is -1.36. The van der Waals surface area contributed by atoms with Crippen LogP contribution in [0.5, 0.6) is 0 Å². The van der Waals surface area contributed by atoms with Crippen molar-refractivity contribution >= 4 is 29.5 Å². The number of rotatable bonds is 4. The van der Waals surface area contributed by atoms with Gasteiger partial charge >= 0.3 is 17.9 Å². The monoisotopic (exact) mass is 234 g/mol. The summed E-state index contributed by atoms with van der Waals surface area (Å²) in [5.74, 6) is -3.01. The number of hydrogen-bond acceptors (Lipinski definition) is 5. The van der Waals surface area contributed by atoms with Crippen molar-refractivity contribution < 1.29 is 23.9 Å². The smallest absolute Gasteiger partial charge is 0.354 e. The van der Waals surface area contributed by atoms with Crippen molar-refractivity contribution in [3.63, 3.8) is 0 Å². The average molecular weight is 235 g/mol. The summed E-state index contributed by atoms with van der Waals surface area (Å²) in [5.41, 5.74) is 0.151. The van der Waals surface area contributed by atoms with Crippen molar-refractivity contribution in [2.75, 3.05) is 5.88 Å². The molecule has 15 heavy (non-hydrogen) atoms. The molecule has 6 heteroatoms. The van der Waals surface area contributed by atoms with Gasteiger partial charge in [-0.1, -0.05) is 6.58 Å². The molecule has 0 bridgehead atoms. The molecule has 0 aromatic heterocycles. The van der Waals surface area contributed by atoms with E-state index in [2.05, 4.69) is 16.1 Å². The fraction of sp³-hybridized carbons (Fsp3) is 0.444. The molecule has 0 aliphatic rings. The van der Waals surface area contributed by atoms with Crippen molar-refractivity contribution in [1.29, 1.82) is 0 Å². The predicted molar refractivity (Wildman–Crippen MR) is 52.2 cm³/mol. The molecule has 84 valence electrons. The van der Waals surface area contributed by atoms with Crippen molar-refractivity contribution in [3.05, 3.63) is 12.2 Å². The summed E-state index contributed by atoms with van der Waals surface area (Å²) in [6.07, 6.45) is -1.17. The number of esters is 3. The van der Waals surface area contributed by atoms with Crippen molar-refractivity contribution in [2.24, 2.45) is 0 Å². The van der Waals surface area contributed by atoms with Gasteiger partial charge in [0.05, 0.1) is 0 Å². The highest BCUT2D eigenvalue weighted by molar-refractivity contribution is 6.27. The minimum absolute atomic E-state index is 0.151. The van der Waals surface area contributed by atoms with Crippen LogP contribution in [0.1, 0.15) is 13.8 Å². The van der Waals surface area contributed by atoms with Gasteiger partial charge < -0.3 is 9.47 Å². The predicted octanol–water partition coefficient (Wildman–Crippen LogP) is 0.803. The van der Waals surface area contributed by atoms with Gasteiger partial charge in [0.2, 0.25) is 0 Å². The minimum atomic E-state index is -1.17. The lowest BCUT2D eigenvalue weighted by molar-refractivity contribution is -0.170. The molecule has 0 fully saturated rings. The van der Waals surface area contributed by atoms with E-state index in [9.17, 15) is 14.4 Å². The highest BCUT2D eigenvalue weighted by Gasteiger charge is 2.21. The molecule has 0 N–H and O–H groups in total. The van der Waals surface area contributed by atoms with Gasteiger partial charge in [0, 0.05) is 5.57 Å². The van der Waals surface area contributed by atoms with Crippen LogP contribution >= 0.6 is 11.6 Å². The lowest BCUT2D eigenvalue weighted by Gasteiger charge is -2.10. The number of alkyl halides is 1. The van der Waals surface area contributed by atoms with Gasteiger partial charge in [-0.3, -0.25) is 4.79 Å². The summed E-state index contributed by atoms with van der Waals surface area (Å²) in [4.78, 5) is 32.6. The molecule has 0 aliphatic heterocycles. The Morgan fingerprint density at radius 3 is 2.33 bits per heavy atom. The third kappa shape index (κ3) is 5.17. The standard InChI is InChI=1S/C9H11ClO5/c1-5(2)8(12)14-6(3)9(13)15-7(11)4-10/h6H,1,4H2,2-3H3. The molecule has 5 nitrogen and oxygen atoms in total. The van der Waals surface area contributed by atoms with E-state index in [1.807, 2.05) is 0 Å². The fourth-order valence-electron chi connectivity index (χ4n) is 0.532. The Labute approximate surface area is 92.0 Å². The van der Waals surface area contributed by atoms with Crippen LogP contribution in [-0.4, -0.2) is 29.9 Å². The summed E-state index contributed by atoms with van der Waals surface area (Å²) in [5, 5.41) is 0. The van der Waals surface area contributed by atoms with Crippen LogP contribution in [0.4, 0.5) is 0 Å². The zero-order valence-electron chi connectivity index (χ0n) is 8.41. The molecule has 1 unspecified atom stereocenters. The van der Waals surface area contributed by atoms with E-state index in [1.54, 1.807) is 0 Å². The minimum Gasteiger partial charge on any atom is -0.447 e. The first kappa shape index (κ1) is 13.6. The normalized spacial score (nSPS) is 11.4. The lowest BCUT2D eigenvalue weighted by Crippen LogP contribution is -2.28. The topological polar surface area (TPSA) is 69.7 Å². The third-order valence-electron chi connectivity index (χ3n) is 1.29. The van der Waals surface area contributed by atoms with E-state index in [4.69, 9.17) is 11.6 Å². The number of hydrogen-bond donors (Lipinski definition) is 0. The Morgan fingerprint density at radius 1 is 1.40 bits per heavy atom. The first-order valence-corrected chi connectivity index (χ1v) is 4.59. The summed E-state index contributed by atoms with van der Waals surface area (Å²) < 4.78 is 8.84. The molecular formula is C9H11ClO5. The van der Waals surface area contributed by atoms with Crippen LogP contribution in [0.3, 0.4) is 0 Å². The van der Waals surface area contributed by atoms with Gasteiger partial charge in [0.15, 0.2) is 6.10 Å². The maximum absolute atomic E-state index is 11.1. The van der Waals surface area contributed by atoms with E-state index >= 15 is 0 Å². The SMILES string of the molecule is C=C(C)C(=O)OC(C)C(=O)OC(=O)CCl. The van der Waals surface area contributed by atoms with Gasteiger partial charge in [-0.15, -0.1) is 11.6 Å². The Balaban J connectivity index is 4.16. The fourth-order valence-corrected chi connectivity index (χ4v) is 0.586. The molecule has 0 spiro atoms. The summed E-state index contributed by atoms with van der Waals surface area (Å²) >= 11 is 5.11. The lowest BCUT2D eigenvalue weighted by atomic mass is 10.3. The zero-order chi connectivity index (χ0) is 12.0. The van der Waals surface area contributed by atoms with Gasteiger partial charge in [0.25, 0.3) is 0 Å². The van der Waals surface area contributed by atoms with E-state index in [0.717, 1.165) is 0 Å². The number of carbonyl (C=O) groups excluding carboxylic acids is 3. The van der Waals surface area contributed by atoms with Gasteiger partial charge in [-0.2, -0.15) is 0 Å². The second-order valence-electron chi connectivity index (χ2n) is 2.75. The van der Waals surface area contributed by atoms with Gasteiger partial charge in [0.1, 0.15) is 5.88 Å². The van der Waals surface area contributed by atoms with Crippen LogP contribution in [-0.2, 0) is 23.9 Å². The highest BCUT2D eigenvalue weighted by atomic mass is 35.5. The molecule has 0 radical (unpaired) electrons. The molecule has 0 saturated heterocycles.